The maximum Gasteiger partial charge on any atom is 0.339 e. The molecule has 2 heterocycles. The van der Waals surface area contributed by atoms with E-state index >= 15 is 0 Å². The van der Waals surface area contributed by atoms with Crippen LogP contribution in [0.3, 0.4) is 0 Å². The first-order chi connectivity index (χ1) is 10.1. The van der Waals surface area contributed by atoms with Gasteiger partial charge in [0.05, 0.1) is 12.8 Å². The maximum absolute atomic E-state index is 12.6. The Hall–Kier alpha value is -1.12. The van der Waals surface area contributed by atoms with E-state index in [9.17, 15) is 9.59 Å². The predicted octanol–water partition coefficient (Wildman–Crippen LogP) is 2.00. The van der Waals surface area contributed by atoms with Gasteiger partial charge in [0.25, 0.3) is 5.91 Å². The third-order valence-corrected chi connectivity index (χ3v) is 5.72. The molecule has 0 radical (unpaired) electrons. The lowest BCUT2D eigenvalue weighted by molar-refractivity contribution is -0.142. The zero-order chi connectivity index (χ0) is 15.1. The molecule has 0 saturated carbocycles. The van der Waals surface area contributed by atoms with E-state index in [1.54, 1.807) is 4.90 Å². The average Bonchev–Trinajstić information content (AvgIpc) is 3.01. The van der Waals surface area contributed by atoms with Crippen LogP contribution in [-0.2, 0) is 14.3 Å². The van der Waals surface area contributed by atoms with Gasteiger partial charge in [-0.1, -0.05) is 12.1 Å². The zero-order valence-corrected chi connectivity index (χ0v) is 14.2. The van der Waals surface area contributed by atoms with E-state index in [4.69, 9.17) is 17.0 Å². The number of halogens is 1. The molecule has 5 nitrogen and oxygen atoms in total. The Balaban J connectivity index is 1.97. The lowest BCUT2D eigenvalue weighted by Crippen LogP contribution is -2.41. The third-order valence-electron chi connectivity index (χ3n) is 3.41. The Bertz CT molecular complexity index is 640. The first-order valence-electron chi connectivity index (χ1n) is 6.16. The molecule has 1 aromatic rings. The van der Waals surface area contributed by atoms with Crippen molar-refractivity contribution in [1.82, 2.24) is 4.90 Å². The molecule has 0 N–H and O–H groups in total. The number of anilines is 1. The number of nitrogens with zero attached hydrogens (tertiary/aromatic N) is 2. The molecule has 110 valence electrons. The molecule has 0 unspecified atom stereocenters. The predicted molar refractivity (Wildman–Crippen MR) is 88.1 cm³/mol. The second kappa shape index (κ2) is 5.58. The Labute approximate surface area is 139 Å². The van der Waals surface area contributed by atoms with Crippen molar-refractivity contribution in [1.29, 1.82) is 0 Å². The Morgan fingerprint density at radius 2 is 2.19 bits per heavy atom. The normalized spacial score (nSPS) is 24.5. The number of hydrogen-bond acceptors (Lipinski definition) is 5. The number of para-hydroxylation sites is 1. The number of fused-ring (bicyclic) bond motifs is 1. The summed E-state index contributed by atoms with van der Waals surface area (Å²) in [5.74, 6) is 0.0390. The SMILES string of the molecule is COC(=O)[C@@H]1SC[C@H]2C(=O)N(c3ccccc3Br)C(=S)N21. The van der Waals surface area contributed by atoms with Gasteiger partial charge in [-0.2, -0.15) is 0 Å². The highest BCUT2D eigenvalue weighted by molar-refractivity contribution is 9.10. The van der Waals surface area contributed by atoms with E-state index in [1.165, 1.54) is 23.8 Å². The third kappa shape index (κ3) is 2.25. The average molecular weight is 387 g/mol. The molecule has 1 aromatic carbocycles. The molecular weight excluding hydrogens is 376 g/mol. The van der Waals surface area contributed by atoms with Crippen LogP contribution >= 0.6 is 39.9 Å². The van der Waals surface area contributed by atoms with Gasteiger partial charge >= 0.3 is 5.97 Å². The van der Waals surface area contributed by atoms with Gasteiger partial charge in [-0.3, -0.25) is 9.69 Å². The van der Waals surface area contributed by atoms with E-state index < -0.39 is 11.4 Å². The van der Waals surface area contributed by atoms with Gasteiger partial charge in [0.1, 0.15) is 6.04 Å². The lowest BCUT2D eigenvalue weighted by atomic mass is 10.2. The Kier molecular flexibility index (Phi) is 3.94. The molecule has 1 amide bonds. The van der Waals surface area contributed by atoms with Crippen LogP contribution in [0.1, 0.15) is 0 Å². The largest absolute Gasteiger partial charge is 0.467 e. The molecule has 2 aliphatic heterocycles. The van der Waals surface area contributed by atoms with Crippen LogP contribution in [0.5, 0.6) is 0 Å². The summed E-state index contributed by atoms with van der Waals surface area (Å²) in [5, 5.41) is -0.207. The fourth-order valence-corrected chi connectivity index (χ4v) is 4.68. The summed E-state index contributed by atoms with van der Waals surface area (Å²) >= 11 is 10.2. The number of amides is 1. The summed E-state index contributed by atoms with van der Waals surface area (Å²) in [5.41, 5.74) is 0.690. The van der Waals surface area contributed by atoms with Gasteiger partial charge in [0.2, 0.25) is 0 Å². The number of methoxy groups -OCH3 is 1. The van der Waals surface area contributed by atoms with Crippen LogP contribution in [0.4, 0.5) is 5.69 Å². The van der Waals surface area contributed by atoms with E-state index in [0.717, 1.165) is 4.47 Å². The summed E-state index contributed by atoms with van der Waals surface area (Å²) in [6, 6.07) is 6.97. The van der Waals surface area contributed by atoms with Crippen molar-refractivity contribution in [3.05, 3.63) is 28.7 Å². The van der Waals surface area contributed by atoms with E-state index in [2.05, 4.69) is 15.9 Å². The molecule has 2 saturated heterocycles. The molecule has 2 fully saturated rings. The van der Waals surface area contributed by atoms with E-state index in [-0.39, 0.29) is 11.9 Å². The highest BCUT2D eigenvalue weighted by atomic mass is 79.9. The highest BCUT2D eigenvalue weighted by Gasteiger charge is 2.53. The van der Waals surface area contributed by atoms with Crippen molar-refractivity contribution in [3.63, 3.8) is 0 Å². The molecule has 2 aliphatic rings. The quantitative estimate of drug-likeness (QED) is 0.572. The number of thioether (sulfide) groups is 1. The van der Waals surface area contributed by atoms with Crippen molar-refractivity contribution in [2.45, 2.75) is 11.4 Å². The number of ether oxygens (including phenoxy) is 1. The summed E-state index contributed by atoms with van der Waals surface area (Å²) < 4.78 is 5.57. The molecular formula is C13H11BrN2O3S2. The fraction of sp³-hybridized carbons (Fsp3) is 0.308. The number of carbonyl (C=O) groups is 2. The number of benzene rings is 1. The number of thiocarbonyl (C=S) groups is 1. The van der Waals surface area contributed by atoms with Gasteiger partial charge in [0, 0.05) is 10.2 Å². The summed E-state index contributed by atoms with van der Waals surface area (Å²) in [6.45, 7) is 0. The number of esters is 1. The minimum absolute atomic E-state index is 0.106. The summed E-state index contributed by atoms with van der Waals surface area (Å²) in [7, 11) is 1.34. The van der Waals surface area contributed by atoms with Crippen LogP contribution in [0.2, 0.25) is 0 Å². The van der Waals surface area contributed by atoms with Crippen LogP contribution < -0.4 is 4.90 Å². The van der Waals surface area contributed by atoms with Crippen molar-refractivity contribution < 1.29 is 14.3 Å². The molecule has 3 rings (SSSR count). The zero-order valence-electron chi connectivity index (χ0n) is 11.0. The van der Waals surface area contributed by atoms with E-state index in [1.807, 2.05) is 24.3 Å². The van der Waals surface area contributed by atoms with Crippen LogP contribution in [0.25, 0.3) is 0 Å². The number of hydrogen-bond donors (Lipinski definition) is 0. The minimum atomic E-state index is -0.552. The van der Waals surface area contributed by atoms with Gasteiger partial charge < -0.3 is 9.64 Å². The Morgan fingerprint density at radius 1 is 1.48 bits per heavy atom. The molecule has 0 spiro atoms. The van der Waals surface area contributed by atoms with Gasteiger partial charge in [-0.15, -0.1) is 11.8 Å². The molecule has 8 heteroatoms. The smallest absolute Gasteiger partial charge is 0.339 e. The van der Waals surface area contributed by atoms with Crippen LogP contribution in [0.15, 0.2) is 28.7 Å². The molecule has 2 atom stereocenters. The van der Waals surface area contributed by atoms with Crippen LogP contribution in [0, 0.1) is 0 Å². The number of rotatable bonds is 2. The molecule has 0 bridgehead atoms. The second-order valence-electron chi connectivity index (χ2n) is 4.54. The van der Waals surface area contributed by atoms with Crippen molar-refractivity contribution in [2.24, 2.45) is 0 Å². The van der Waals surface area contributed by atoms with Gasteiger partial charge in [-0.05, 0) is 40.3 Å². The van der Waals surface area contributed by atoms with Crippen molar-refractivity contribution in [2.75, 3.05) is 17.8 Å². The van der Waals surface area contributed by atoms with Crippen molar-refractivity contribution >= 4 is 62.6 Å². The summed E-state index contributed by atoms with van der Waals surface area (Å²) in [6.07, 6.45) is 0. The summed E-state index contributed by atoms with van der Waals surface area (Å²) in [4.78, 5) is 27.6. The van der Waals surface area contributed by atoms with Crippen LogP contribution in [-0.4, -0.2) is 46.2 Å². The topological polar surface area (TPSA) is 49.9 Å². The van der Waals surface area contributed by atoms with Gasteiger partial charge in [-0.25, -0.2) is 4.79 Å². The molecule has 21 heavy (non-hydrogen) atoms. The second-order valence-corrected chi connectivity index (χ2v) is 6.87. The number of carbonyl (C=O) groups excluding carboxylic acids is 2. The minimum Gasteiger partial charge on any atom is -0.467 e. The van der Waals surface area contributed by atoms with Gasteiger partial charge in [0.15, 0.2) is 10.5 Å². The lowest BCUT2D eigenvalue weighted by Gasteiger charge is -2.23. The first kappa shape index (κ1) is 14.8. The monoisotopic (exact) mass is 386 g/mol. The Morgan fingerprint density at radius 3 is 2.86 bits per heavy atom. The van der Waals surface area contributed by atoms with Crippen molar-refractivity contribution in [3.8, 4) is 0 Å². The molecule has 0 aliphatic carbocycles. The first-order valence-corrected chi connectivity index (χ1v) is 8.41. The highest BCUT2D eigenvalue weighted by Crippen LogP contribution is 2.39. The van der Waals surface area contributed by atoms with E-state index in [0.29, 0.717) is 16.6 Å². The molecule has 0 aromatic heterocycles. The standard InChI is InChI=1S/C13H11BrN2O3S2/c1-19-12(18)11-16-9(6-21-11)10(17)15(13(16)20)8-5-3-2-4-7(8)14/h2-5,9,11H,6H2,1H3/t9-,11-/m0/s1. The maximum atomic E-state index is 12.6. The fourth-order valence-electron chi connectivity index (χ4n) is 2.43.